The SMILES string of the molecule is O=S(c1ccc(C(F)(F)F)cc1)C1(c2cc(F)ccc2F)CCC(NSCCN2CCOCC2)CC1. The van der Waals surface area contributed by atoms with E-state index in [1.807, 2.05) is 0 Å². The van der Waals surface area contributed by atoms with Gasteiger partial charge in [0, 0.05) is 41.9 Å². The van der Waals surface area contributed by atoms with E-state index in [-0.39, 0.29) is 16.5 Å². The summed E-state index contributed by atoms with van der Waals surface area (Å²) in [4.78, 5) is 2.50. The molecule has 1 atom stereocenters. The van der Waals surface area contributed by atoms with Crippen molar-refractivity contribution < 1.29 is 30.9 Å². The van der Waals surface area contributed by atoms with Crippen molar-refractivity contribution >= 4 is 22.7 Å². The molecule has 0 amide bonds. The van der Waals surface area contributed by atoms with Gasteiger partial charge in [-0.2, -0.15) is 13.2 Å². The fraction of sp³-hybridized carbons (Fsp3) is 0.520. The molecule has 1 heterocycles. The van der Waals surface area contributed by atoms with Crippen molar-refractivity contribution in [2.45, 2.75) is 47.5 Å². The third-order valence-electron chi connectivity index (χ3n) is 6.83. The summed E-state index contributed by atoms with van der Waals surface area (Å²) < 4.78 is 89.4. The Morgan fingerprint density at radius 3 is 2.36 bits per heavy atom. The summed E-state index contributed by atoms with van der Waals surface area (Å²) in [6.45, 7) is 4.26. The highest BCUT2D eigenvalue weighted by Gasteiger charge is 2.45. The van der Waals surface area contributed by atoms with Crippen LogP contribution in [0.4, 0.5) is 22.0 Å². The second-order valence-corrected chi connectivity index (χ2v) is 11.8. The number of benzene rings is 2. The fourth-order valence-electron chi connectivity index (χ4n) is 4.77. The van der Waals surface area contributed by atoms with Crippen molar-refractivity contribution in [3.8, 4) is 0 Å². The van der Waals surface area contributed by atoms with Gasteiger partial charge in [0.05, 0.1) is 34.3 Å². The molecular weight excluding hydrogens is 519 g/mol. The number of rotatable bonds is 8. The van der Waals surface area contributed by atoms with E-state index in [2.05, 4.69) is 9.62 Å². The monoisotopic (exact) mass is 548 g/mol. The highest BCUT2D eigenvalue weighted by molar-refractivity contribution is 7.97. The Hall–Kier alpha value is -1.53. The van der Waals surface area contributed by atoms with Crippen molar-refractivity contribution in [3.05, 3.63) is 65.2 Å². The van der Waals surface area contributed by atoms with Gasteiger partial charge >= 0.3 is 6.18 Å². The first-order chi connectivity index (χ1) is 17.2. The van der Waals surface area contributed by atoms with Crippen molar-refractivity contribution in [3.63, 3.8) is 0 Å². The van der Waals surface area contributed by atoms with Gasteiger partial charge in [-0.15, -0.1) is 0 Å². The van der Waals surface area contributed by atoms with Crippen molar-refractivity contribution in [2.75, 3.05) is 38.6 Å². The number of nitrogens with one attached hydrogen (secondary N) is 1. The molecule has 1 aliphatic carbocycles. The molecule has 0 spiro atoms. The molecule has 1 unspecified atom stereocenters. The normalized spacial score (nSPS) is 24.5. The zero-order chi connectivity index (χ0) is 25.8. The molecule has 1 saturated carbocycles. The number of nitrogens with zero attached hydrogens (tertiary/aromatic N) is 1. The van der Waals surface area contributed by atoms with Crippen LogP contribution in [-0.4, -0.2) is 53.8 Å². The summed E-state index contributed by atoms with van der Waals surface area (Å²) in [6, 6.07) is 7.29. The van der Waals surface area contributed by atoms with E-state index in [4.69, 9.17) is 4.74 Å². The van der Waals surface area contributed by atoms with Gasteiger partial charge in [0.1, 0.15) is 11.6 Å². The summed E-state index contributed by atoms with van der Waals surface area (Å²) in [5, 5.41) is 0. The first-order valence-electron chi connectivity index (χ1n) is 11.9. The van der Waals surface area contributed by atoms with Crippen LogP contribution in [-0.2, 0) is 26.5 Å². The van der Waals surface area contributed by atoms with E-state index in [0.29, 0.717) is 25.7 Å². The van der Waals surface area contributed by atoms with Gasteiger partial charge in [-0.05, 0) is 68.1 Å². The molecule has 2 aliphatic rings. The zero-order valence-electron chi connectivity index (χ0n) is 19.7. The summed E-state index contributed by atoms with van der Waals surface area (Å²) in [7, 11) is -1.89. The Morgan fingerprint density at radius 1 is 1.06 bits per heavy atom. The summed E-state index contributed by atoms with van der Waals surface area (Å²) in [5.41, 5.74) is -0.838. The first kappa shape index (κ1) is 27.5. The lowest BCUT2D eigenvalue weighted by Gasteiger charge is -2.40. The Labute approximate surface area is 214 Å². The molecule has 2 aromatic rings. The van der Waals surface area contributed by atoms with Gasteiger partial charge < -0.3 is 4.74 Å². The van der Waals surface area contributed by atoms with Crippen molar-refractivity contribution in [1.82, 2.24) is 9.62 Å². The summed E-state index contributed by atoms with van der Waals surface area (Å²) >= 11 is 1.61. The highest BCUT2D eigenvalue weighted by atomic mass is 32.2. The van der Waals surface area contributed by atoms with Crippen LogP contribution in [0.1, 0.15) is 36.8 Å². The van der Waals surface area contributed by atoms with E-state index in [0.717, 1.165) is 68.9 Å². The minimum absolute atomic E-state index is 0.0131. The molecule has 4 rings (SSSR count). The molecular formula is C25H29F5N2O2S2. The molecule has 0 radical (unpaired) electrons. The molecule has 1 saturated heterocycles. The molecule has 198 valence electrons. The van der Waals surface area contributed by atoms with Crippen LogP contribution < -0.4 is 4.72 Å². The topological polar surface area (TPSA) is 41.6 Å². The number of hydrogen-bond donors (Lipinski definition) is 1. The third-order valence-corrected chi connectivity index (χ3v) is 9.75. The second kappa shape index (κ2) is 11.9. The van der Waals surface area contributed by atoms with Gasteiger partial charge in [0.2, 0.25) is 0 Å². The summed E-state index contributed by atoms with van der Waals surface area (Å²) in [6.07, 6.45) is -2.75. The Balaban J connectivity index is 1.47. The number of morpholine rings is 1. The molecule has 36 heavy (non-hydrogen) atoms. The highest BCUT2D eigenvalue weighted by Crippen LogP contribution is 2.46. The largest absolute Gasteiger partial charge is 0.416 e. The van der Waals surface area contributed by atoms with Gasteiger partial charge in [0.15, 0.2) is 0 Å². The van der Waals surface area contributed by atoms with Gasteiger partial charge in [0.25, 0.3) is 0 Å². The van der Waals surface area contributed by atoms with Crippen LogP contribution in [0.15, 0.2) is 47.4 Å². The number of halogens is 5. The third kappa shape index (κ3) is 6.48. The maximum atomic E-state index is 14.9. The molecule has 2 fully saturated rings. The van der Waals surface area contributed by atoms with Crippen LogP contribution in [0.3, 0.4) is 0 Å². The Kier molecular flexibility index (Phi) is 9.09. The molecule has 4 nitrogen and oxygen atoms in total. The maximum Gasteiger partial charge on any atom is 0.416 e. The minimum atomic E-state index is -4.52. The number of hydrogen-bond acceptors (Lipinski definition) is 5. The summed E-state index contributed by atoms with van der Waals surface area (Å²) in [5.74, 6) is -0.422. The lowest BCUT2D eigenvalue weighted by Crippen LogP contribution is -2.42. The van der Waals surface area contributed by atoms with Crippen LogP contribution in [0, 0.1) is 11.6 Å². The van der Waals surface area contributed by atoms with E-state index in [1.54, 1.807) is 11.9 Å². The predicted molar refractivity (Wildman–Crippen MR) is 131 cm³/mol. The fourth-order valence-corrected chi connectivity index (χ4v) is 7.51. The first-order valence-corrected chi connectivity index (χ1v) is 14.0. The van der Waals surface area contributed by atoms with E-state index in [9.17, 15) is 26.2 Å². The average molecular weight is 549 g/mol. The van der Waals surface area contributed by atoms with Crippen LogP contribution in [0.2, 0.25) is 0 Å². The van der Waals surface area contributed by atoms with Crippen LogP contribution >= 0.6 is 11.9 Å². The second-order valence-electron chi connectivity index (χ2n) is 9.10. The Bertz CT molecular complexity index is 1040. The van der Waals surface area contributed by atoms with E-state index >= 15 is 0 Å². The number of alkyl halides is 3. The van der Waals surface area contributed by atoms with Gasteiger partial charge in [-0.25, -0.2) is 8.78 Å². The minimum Gasteiger partial charge on any atom is -0.379 e. The smallest absolute Gasteiger partial charge is 0.379 e. The maximum absolute atomic E-state index is 14.9. The molecule has 1 aliphatic heterocycles. The quantitative estimate of drug-likeness (QED) is 0.268. The van der Waals surface area contributed by atoms with Gasteiger partial charge in [-0.3, -0.25) is 13.8 Å². The number of ether oxygens (including phenoxy) is 1. The molecule has 1 N–H and O–H groups in total. The molecule has 0 bridgehead atoms. The lowest BCUT2D eigenvalue weighted by atomic mass is 9.80. The van der Waals surface area contributed by atoms with Crippen molar-refractivity contribution in [2.24, 2.45) is 0 Å². The zero-order valence-corrected chi connectivity index (χ0v) is 21.3. The standard InChI is InChI=1S/C25H29F5N2O2S2/c26-19-3-6-23(27)22(17-19)24(36(33)21-4-1-18(2-5-21)25(28,29)30)9-7-20(8-10-24)31-35-16-13-32-11-14-34-15-12-32/h1-6,17,20,31H,7-16H2. The van der Waals surface area contributed by atoms with Gasteiger partial charge in [-0.1, -0.05) is 11.9 Å². The molecule has 0 aromatic heterocycles. The van der Waals surface area contributed by atoms with E-state index in [1.165, 1.54) is 12.1 Å². The lowest BCUT2D eigenvalue weighted by molar-refractivity contribution is -0.137. The molecule has 2 aromatic carbocycles. The van der Waals surface area contributed by atoms with Crippen molar-refractivity contribution in [1.29, 1.82) is 0 Å². The van der Waals surface area contributed by atoms with Crippen LogP contribution in [0.5, 0.6) is 0 Å². The van der Waals surface area contributed by atoms with E-state index < -0.39 is 38.9 Å². The Morgan fingerprint density at radius 2 is 1.72 bits per heavy atom. The predicted octanol–water partition coefficient (Wildman–Crippen LogP) is 5.50. The van der Waals surface area contributed by atoms with Crippen LogP contribution in [0.25, 0.3) is 0 Å². The average Bonchev–Trinajstić information content (AvgIpc) is 2.88. The molecule has 11 heteroatoms.